The van der Waals surface area contributed by atoms with Crippen LogP contribution in [0.15, 0.2) is 154 Å². The van der Waals surface area contributed by atoms with E-state index in [0.29, 0.717) is 27.8 Å². The van der Waals surface area contributed by atoms with Gasteiger partial charge in [0.05, 0.1) is 12.8 Å². The van der Waals surface area contributed by atoms with Crippen molar-refractivity contribution in [1.82, 2.24) is 10.3 Å². The van der Waals surface area contributed by atoms with Gasteiger partial charge in [-0.3, -0.25) is 14.4 Å². The van der Waals surface area contributed by atoms with Crippen molar-refractivity contribution >= 4 is 73.6 Å². The number of amides is 3. The average molecular weight is 776 g/mol. The molecule has 0 fully saturated rings. The number of rotatable bonds is 12. The van der Waals surface area contributed by atoms with Gasteiger partial charge < -0.3 is 20.7 Å². The van der Waals surface area contributed by atoms with Gasteiger partial charge in [0.1, 0.15) is 16.7 Å². The molecule has 11 heteroatoms. The van der Waals surface area contributed by atoms with Crippen LogP contribution in [0, 0.1) is 0 Å². The molecule has 0 spiro atoms. The first-order chi connectivity index (χ1) is 24.9. The van der Waals surface area contributed by atoms with Crippen molar-refractivity contribution in [2.75, 3.05) is 17.7 Å². The van der Waals surface area contributed by atoms with Gasteiger partial charge in [-0.1, -0.05) is 94.8 Å². The van der Waals surface area contributed by atoms with Crippen LogP contribution >= 0.6 is 39.0 Å². The summed E-state index contributed by atoms with van der Waals surface area (Å²) < 4.78 is 6.32. The second-order valence-corrected chi connectivity index (χ2v) is 14.0. The van der Waals surface area contributed by atoms with Crippen molar-refractivity contribution in [3.63, 3.8) is 0 Å². The summed E-state index contributed by atoms with van der Waals surface area (Å²) in [5, 5.41) is 10.4. The van der Waals surface area contributed by atoms with Crippen LogP contribution in [0.2, 0.25) is 0 Å². The van der Waals surface area contributed by atoms with Gasteiger partial charge >= 0.3 is 0 Å². The molecule has 5 aromatic carbocycles. The highest BCUT2D eigenvalue weighted by Crippen LogP contribution is 2.38. The summed E-state index contributed by atoms with van der Waals surface area (Å²) in [6.45, 7) is 0. The number of methoxy groups -OCH3 is 1. The lowest BCUT2D eigenvalue weighted by Crippen LogP contribution is -2.30. The summed E-state index contributed by atoms with van der Waals surface area (Å²) >= 11 is 6.14. The molecule has 51 heavy (non-hydrogen) atoms. The lowest BCUT2D eigenvalue weighted by molar-refractivity contribution is -0.116. The van der Waals surface area contributed by atoms with Gasteiger partial charge in [-0.05, 0) is 71.8 Å². The lowest BCUT2D eigenvalue weighted by Gasteiger charge is -2.17. The molecule has 1 atom stereocenters. The predicted octanol–water partition coefficient (Wildman–Crippen LogP) is 9.46. The van der Waals surface area contributed by atoms with Gasteiger partial charge in [0.15, 0.2) is 5.13 Å². The van der Waals surface area contributed by atoms with Gasteiger partial charge in [-0.2, -0.15) is 0 Å². The van der Waals surface area contributed by atoms with E-state index < -0.39 is 17.1 Å². The normalized spacial score (nSPS) is 11.7. The van der Waals surface area contributed by atoms with E-state index in [9.17, 15) is 14.4 Å². The topological polar surface area (TPSA) is 109 Å². The number of hydrogen-bond donors (Lipinski definition) is 3. The first kappa shape index (κ1) is 35.3. The van der Waals surface area contributed by atoms with Crippen LogP contribution in [0.4, 0.5) is 10.8 Å². The lowest BCUT2D eigenvalue weighted by atomic mass is 10.1. The number of ether oxygens (including phenoxy) is 1. The van der Waals surface area contributed by atoms with E-state index in [0.717, 1.165) is 26.1 Å². The molecule has 0 aliphatic heterocycles. The van der Waals surface area contributed by atoms with Crippen molar-refractivity contribution in [3.8, 4) is 17.0 Å². The highest BCUT2D eigenvalue weighted by molar-refractivity contribution is 9.10. The molecule has 0 saturated carbocycles. The Morgan fingerprint density at radius 1 is 0.824 bits per heavy atom. The number of anilines is 2. The van der Waals surface area contributed by atoms with Crippen LogP contribution in [0.25, 0.3) is 17.3 Å². The van der Waals surface area contributed by atoms with Gasteiger partial charge in [0.2, 0.25) is 5.91 Å². The van der Waals surface area contributed by atoms with E-state index in [1.807, 2.05) is 96.4 Å². The van der Waals surface area contributed by atoms with E-state index in [1.54, 1.807) is 55.7 Å². The maximum Gasteiger partial charge on any atom is 0.272 e. The maximum atomic E-state index is 13.8. The molecule has 3 N–H and O–H groups in total. The van der Waals surface area contributed by atoms with Gasteiger partial charge in [0.25, 0.3) is 11.8 Å². The number of thioether (sulfide) groups is 1. The number of para-hydroxylation sites is 1. The number of carbonyl (C=O) groups excluding carboxylic acids is 3. The Morgan fingerprint density at radius 2 is 1.55 bits per heavy atom. The van der Waals surface area contributed by atoms with Crippen LogP contribution in [-0.2, 0) is 9.59 Å². The number of nitrogens with one attached hydrogen (secondary N) is 3. The molecule has 0 aliphatic rings. The first-order valence-electron chi connectivity index (χ1n) is 15.7. The summed E-state index contributed by atoms with van der Waals surface area (Å²) in [5.41, 5.74) is 4.04. The number of carbonyl (C=O) groups is 3. The number of halogens is 1. The van der Waals surface area contributed by atoms with Crippen molar-refractivity contribution in [2.45, 2.75) is 10.1 Å². The fraction of sp³-hybridized carbons (Fsp3) is 0.0500. The Morgan fingerprint density at radius 3 is 2.31 bits per heavy atom. The van der Waals surface area contributed by atoms with Gasteiger partial charge in [-0.25, -0.2) is 4.98 Å². The minimum atomic E-state index is -0.632. The molecule has 0 radical (unpaired) electrons. The molecule has 6 rings (SSSR count). The molecule has 1 heterocycles. The maximum absolute atomic E-state index is 13.8. The number of aromatic nitrogens is 1. The summed E-state index contributed by atoms with van der Waals surface area (Å²) in [7, 11) is 1.61. The molecule has 1 aromatic heterocycles. The summed E-state index contributed by atoms with van der Waals surface area (Å²) in [6, 6.07) is 40.4. The van der Waals surface area contributed by atoms with Crippen LogP contribution < -0.4 is 20.7 Å². The quantitative estimate of drug-likeness (QED) is 0.0845. The second-order valence-electron chi connectivity index (χ2n) is 11.1. The van der Waals surface area contributed by atoms with Crippen LogP contribution in [0.3, 0.4) is 0 Å². The van der Waals surface area contributed by atoms with Gasteiger partial charge in [-0.15, -0.1) is 23.1 Å². The Bertz CT molecular complexity index is 2190. The van der Waals surface area contributed by atoms with Crippen molar-refractivity contribution < 1.29 is 19.1 Å². The fourth-order valence-corrected chi connectivity index (χ4v) is 7.28. The average Bonchev–Trinajstić information content (AvgIpc) is 3.62. The Kier molecular flexibility index (Phi) is 11.7. The smallest absolute Gasteiger partial charge is 0.272 e. The molecule has 0 saturated heterocycles. The first-order valence-corrected chi connectivity index (χ1v) is 18.3. The molecule has 0 bridgehead atoms. The monoisotopic (exact) mass is 774 g/mol. The molecule has 254 valence electrons. The minimum absolute atomic E-state index is 0.0671. The standard InChI is InChI=1S/C40H31BrN4O4S2/c1-49-35-21-9-8-20-32(35)34-25-50-40(44-34)45-39(48)36(27-13-4-2-5-14-27)51-31-19-11-18-30(24-31)42-38(47)33(23-26-12-10-17-29(41)22-26)43-37(46)28-15-6-3-7-16-28/h2-25,36H,1H3,(H,42,47)(H,43,46)(H,44,45,48)/b33-23+. The number of hydrogen-bond acceptors (Lipinski definition) is 7. The van der Waals surface area contributed by atoms with E-state index in [1.165, 1.54) is 23.1 Å². The molecule has 0 aliphatic carbocycles. The number of nitrogens with zero attached hydrogens (tertiary/aromatic N) is 1. The second kappa shape index (κ2) is 16.9. The molecule has 1 unspecified atom stereocenters. The predicted molar refractivity (Wildman–Crippen MR) is 209 cm³/mol. The molecule has 3 amide bonds. The van der Waals surface area contributed by atoms with Crippen LogP contribution in [0.1, 0.15) is 26.7 Å². The zero-order chi connectivity index (χ0) is 35.6. The van der Waals surface area contributed by atoms with Crippen molar-refractivity contribution in [2.24, 2.45) is 0 Å². The highest BCUT2D eigenvalue weighted by Gasteiger charge is 2.24. The van der Waals surface area contributed by atoms with Crippen LogP contribution in [0.5, 0.6) is 5.75 Å². The Labute approximate surface area is 312 Å². The Balaban J connectivity index is 1.21. The largest absolute Gasteiger partial charge is 0.496 e. The molecular weight excluding hydrogens is 745 g/mol. The highest BCUT2D eigenvalue weighted by atomic mass is 79.9. The SMILES string of the molecule is COc1ccccc1-c1csc(NC(=O)C(Sc2cccc(NC(=O)/C(=C\c3cccc(Br)c3)NC(=O)c3ccccc3)c2)c2ccccc2)n1. The third-order valence-electron chi connectivity index (χ3n) is 7.49. The zero-order valence-electron chi connectivity index (χ0n) is 27.2. The van der Waals surface area contributed by atoms with E-state index in [-0.39, 0.29) is 11.6 Å². The minimum Gasteiger partial charge on any atom is -0.496 e. The molecule has 8 nitrogen and oxygen atoms in total. The Hall–Kier alpha value is -5.49. The van der Waals surface area contributed by atoms with Crippen molar-refractivity contribution in [3.05, 3.63) is 166 Å². The van der Waals surface area contributed by atoms with Crippen LogP contribution in [-0.4, -0.2) is 29.8 Å². The van der Waals surface area contributed by atoms with Gasteiger partial charge in [0, 0.05) is 31.6 Å². The summed E-state index contributed by atoms with van der Waals surface area (Å²) in [5.74, 6) is -0.472. The van der Waals surface area contributed by atoms with E-state index in [2.05, 4.69) is 36.9 Å². The summed E-state index contributed by atoms with van der Waals surface area (Å²) in [4.78, 5) is 46.0. The fourth-order valence-electron chi connectivity index (χ4n) is 5.07. The van der Waals surface area contributed by atoms with E-state index >= 15 is 0 Å². The third kappa shape index (κ3) is 9.40. The zero-order valence-corrected chi connectivity index (χ0v) is 30.4. The molecular formula is C40H31BrN4O4S2. The van der Waals surface area contributed by atoms with E-state index in [4.69, 9.17) is 4.74 Å². The molecule has 6 aromatic rings. The number of benzene rings is 5. The third-order valence-corrected chi connectivity index (χ3v) is 9.99. The number of thiazole rings is 1. The summed E-state index contributed by atoms with van der Waals surface area (Å²) in [6.07, 6.45) is 1.62. The van der Waals surface area contributed by atoms with Crippen molar-refractivity contribution in [1.29, 1.82) is 0 Å².